The molecule has 0 aliphatic heterocycles. The van der Waals surface area contributed by atoms with E-state index in [0.717, 1.165) is 43.8 Å². The predicted molar refractivity (Wildman–Crippen MR) is 149 cm³/mol. The van der Waals surface area contributed by atoms with Crippen molar-refractivity contribution in [3.8, 4) is 22.3 Å². The van der Waals surface area contributed by atoms with Crippen molar-refractivity contribution in [1.82, 2.24) is 0 Å². The van der Waals surface area contributed by atoms with Crippen LogP contribution in [0.5, 0.6) is 0 Å². The van der Waals surface area contributed by atoms with E-state index in [1.165, 1.54) is 0 Å². The summed E-state index contributed by atoms with van der Waals surface area (Å²) >= 11 is 0. The van der Waals surface area contributed by atoms with Gasteiger partial charge in [0.15, 0.2) is 0 Å². The minimum Gasteiger partial charge on any atom is -0.386 e. The molecule has 3 nitrogen and oxygen atoms in total. The van der Waals surface area contributed by atoms with Crippen molar-refractivity contribution in [1.29, 1.82) is 0 Å². The van der Waals surface area contributed by atoms with Gasteiger partial charge in [0.05, 0.1) is 11.1 Å². The minimum atomic E-state index is -0.674. The molecular formula is C34H22O3. The number of benzene rings is 6. The largest absolute Gasteiger partial charge is 0.386 e. The molecule has 3 heteroatoms. The second-order valence-corrected chi connectivity index (χ2v) is 8.83. The van der Waals surface area contributed by atoms with Crippen LogP contribution in [0.2, 0.25) is 0 Å². The van der Waals surface area contributed by atoms with E-state index in [-0.39, 0.29) is 0 Å². The lowest BCUT2D eigenvalue weighted by Crippen LogP contribution is -2.15. The molecule has 176 valence electrons. The van der Waals surface area contributed by atoms with Crippen LogP contribution in [0.25, 0.3) is 43.8 Å². The van der Waals surface area contributed by atoms with Crippen molar-refractivity contribution in [2.75, 3.05) is 0 Å². The molecule has 0 aliphatic carbocycles. The fourth-order valence-electron chi connectivity index (χ4n) is 4.89. The number of carbonyl (C=O) groups is 2. The fourth-order valence-corrected chi connectivity index (χ4v) is 4.89. The number of hydrogen-bond acceptors (Lipinski definition) is 3. The second kappa shape index (κ2) is 9.56. The smallest absolute Gasteiger partial charge is 0.347 e. The molecule has 0 N–H and O–H groups in total. The van der Waals surface area contributed by atoms with Gasteiger partial charge in [-0.25, -0.2) is 9.59 Å². The van der Waals surface area contributed by atoms with Gasteiger partial charge in [-0.1, -0.05) is 133 Å². The van der Waals surface area contributed by atoms with Crippen LogP contribution in [0.3, 0.4) is 0 Å². The highest BCUT2D eigenvalue weighted by molar-refractivity contribution is 6.17. The van der Waals surface area contributed by atoms with Crippen LogP contribution in [0.15, 0.2) is 133 Å². The molecule has 6 aromatic carbocycles. The van der Waals surface area contributed by atoms with E-state index in [2.05, 4.69) is 0 Å². The lowest BCUT2D eigenvalue weighted by Gasteiger charge is -2.15. The molecule has 0 atom stereocenters. The summed E-state index contributed by atoms with van der Waals surface area (Å²) in [4.78, 5) is 27.6. The van der Waals surface area contributed by atoms with Gasteiger partial charge in [0.1, 0.15) is 0 Å². The van der Waals surface area contributed by atoms with Crippen molar-refractivity contribution < 1.29 is 14.3 Å². The maximum absolute atomic E-state index is 13.8. The molecule has 6 aromatic rings. The number of hydrogen-bond donors (Lipinski definition) is 0. The van der Waals surface area contributed by atoms with Crippen molar-refractivity contribution in [2.24, 2.45) is 0 Å². The maximum Gasteiger partial charge on any atom is 0.347 e. The zero-order chi connectivity index (χ0) is 25.2. The van der Waals surface area contributed by atoms with Crippen molar-refractivity contribution in [3.63, 3.8) is 0 Å². The molecule has 0 unspecified atom stereocenters. The molecule has 0 radical (unpaired) electrons. The van der Waals surface area contributed by atoms with Crippen LogP contribution in [0.1, 0.15) is 20.7 Å². The Hall–Kier alpha value is -5.02. The highest BCUT2D eigenvalue weighted by Crippen LogP contribution is 2.34. The zero-order valence-corrected chi connectivity index (χ0v) is 19.9. The van der Waals surface area contributed by atoms with Gasteiger partial charge >= 0.3 is 11.9 Å². The third-order valence-corrected chi connectivity index (χ3v) is 6.62. The van der Waals surface area contributed by atoms with Crippen molar-refractivity contribution >= 4 is 33.5 Å². The molecular weight excluding hydrogens is 456 g/mol. The van der Waals surface area contributed by atoms with E-state index in [1.807, 2.05) is 133 Å². The van der Waals surface area contributed by atoms with E-state index in [9.17, 15) is 9.59 Å². The molecule has 6 rings (SSSR count). The van der Waals surface area contributed by atoms with Crippen molar-refractivity contribution in [2.45, 2.75) is 0 Å². The van der Waals surface area contributed by atoms with E-state index < -0.39 is 11.9 Å². The Kier molecular flexibility index (Phi) is 5.80. The number of fused-ring (bicyclic) bond motifs is 2. The Morgan fingerprint density at radius 3 is 1.22 bits per heavy atom. The normalized spacial score (nSPS) is 10.9. The first-order valence-corrected chi connectivity index (χ1v) is 12.1. The molecule has 0 amide bonds. The van der Waals surface area contributed by atoms with Gasteiger partial charge in [0, 0.05) is 0 Å². The zero-order valence-electron chi connectivity index (χ0n) is 19.9. The van der Waals surface area contributed by atoms with Crippen LogP contribution < -0.4 is 0 Å². The van der Waals surface area contributed by atoms with Gasteiger partial charge < -0.3 is 4.74 Å². The summed E-state index contributed by atoms with van der Waals surface area (Å²) < 4.78 is 5.69. The first-order valence-electron chi connectivity index (χ1n) is 12.1. The summed E-state index contributed by atoms with van der Waals surface area (Å²) in [7, 11) is 0. The average molecular weight is 479 g/mol. The molecule has 0 aromatic heterocycles. The van der Waals surface area contributed by atoms with Crippen LogP contribution in [0, 0.1) is 0 Å². The molecule has 0 bridgehead atoms. The van der Waals surface area contributed by atoms with Gasteiger partial charge in [-0.3, -0.25) is 0 Å². The summed E-state index contributed by atoms with van der Waals surface area (Å²) in [6, 6.07) is 42.4. The summed E-state index contributed by atoms with van der Waals surface area (Å²) in [6.45, 7) is 0. The highest BCUT2D eigenvalue weighted by atomic mass is 16.6. The maximum atomic E-state index is 13.8. The molecule has 0 spiro atoms. The third-order valence-electron chi connectivity index (χ3n) is 6.62. The quantitative estimate of drug-likeness (QED) is 0.189. The first-order chi connectivity index (χ1) is 18.2. The van der Waals surface area contributed by atoms with Crippen molar-refractivity contribution in [3.05, 3.63) is 145 Å². The monoisotopic (exact) mass is 478 g/mol. The van der Waals surface area contributed by atoms with Gasteiger partial charge in [0.25, 0.3) is 0 Å². The Labute approximate surface area is 214 Å². The van der Waals surface area contributed by atoms with Crippen LogP contribution in [-0.4, -0.2) is 11.9 Å². The fraction of sp³-hybridized carbons (Fsp3) is 0. The molecule has 0 saturated carbocycles. The Balaban J connectivity index is 1.49. The van der Waals surface area contributed by atoms with Gasteiger partial charge in [-0.05, 0) is 43.8 Å². The molecule has 37 heavy (non-hydrogen) atoms. The van der Waals surface area contributed by atoms with Crippen LogP contribution >= 0.6 is 0 Å². The molecule has 0 fully saturated rings. The lowest BCUT2D eigenvalue weighted by molar-refractivity contribution is 0.0402. The number of ether oxygens (including phenoxy) is 1. The minimum absolute atomic E-state index is 0.374. The third kappa shape index (κ3) is 4.17. The van der Waals surface area contributed by atoms with Gasteiger partial charge in [0.2, 0.25) is 0 Å². The van der Waals surface area contributed by atoms with E-state index in [4.69, 9.17) is 4.74 Å². The summed E-state index contributed by atoms with van der Waals surface area (Å²) in [5.74, 6) is -1.35. The van der Waals surface area contributed by atoms with Gasteiger partial charge in [-0.2, -0.15) is 0 Å². The summed E-state index contributed by atoms with van der Waals surface area (Å²) in [6.07, 6.45) is 0. The number of carbonyl (C=O) groups excluding carboxylic acids is 2. The van der Waals surface area contributed by atoms with E-state index in [0.29, 0.717) is 11.1 Å². The second-order valence-electron chi connectivity index (χ2n) is 8.83. The number of esters is 2. The molecule has 0 saturated heterocycles. The summed E-state index contributed by atoms with van der Waals surface area (Å²) in [5, 5.41) is 3.28. The SMILES string of the molecule is O=C(OC(=O)c1c(-c2ccccc2)ccc2ccccc12)c1c(-c2ccccc2)ccc2ccccc12. The molecule has 0 aliphatic rings. The van der Waals surface area contributed by atoms with Gasteiger partial charge in [-0.15, -0.1) is 0 Å². The number of rotatable bonds is 4. The predicted octanol–water partition coefficient (Wildman–Crippen LogP) is 8.32. The van der Waals surface area contributed by atoms with E-state index in [1.54, 1.807) is 0 Å². The Morgan fingerprint density at radius 2 is 0.784 bits per heavy atom. The Morgan fingerprint density at radius 1 is 0.405 bits per heavy atom. The standard InChI is InChI=1S/C34H22O3/c35-33(31-27-17-9-7-15-25(27)19-21-29(31)23-11-3-1-4-12-23)37-34(36)32-28-18-10-8-16-26(28)20-22-30(32)24-13-5-2-6-14-24/h1-22H. The van der Waals surface area contributed by atoms with E-state index >= 15 is 0 Å². The average Bonchev–Trinajstić information content (AvgIpc) is 2.96. The topological polar surface area (TPSA) is 43.4 Å². The molecule has 0 heterocycles. The first kappa shape index (κ1) is 22.4. The summed E-state index contributed by atoms with van der Waals surface area (Å²) in [5.41, 5.74) is 3.94. The lowest BCUT2D eigenvalue weighted by atomic mass is 9.93. The van der Waals surface area contributed by atoms with Crippen LogP contribution in [0.4, 0.5) is 0 Å². The highest BCUT2D eigenvalue weighted by Gasteiger charge is 2.25. The Bertz CT molecular complexity index is 1640. The van der Waals surface area contributed by atoms with Crippen LogP contribution in [-0.2, 0) is 4.74 Å².